The van der Waals surface area contributed by atoms with Gasteiger partial charge in [0.2, 0.25) is 5.75 Å². The molecule has 2 rings (SSSR count). The topological polar surface area (TPSA) is 68.3 Å². The van der Waals surface area contributed by atoms with Crippen LogP contribution in [0.4, 0.5) is 17.3 Å². The highest BCUT2D eigenvalue weighted by atomic mass is 16.5. The minimum absolute atomic E-state index is 0.569. The van der Waals surface area contributed by atoms with Gasteiger partial charge in [0.15, 0.2) is 11.6 Å². The molecule has 112 valence electrons. The second kappa shape index (κ2) is 7.44. The van der Waals surface area contributed by atoms with Crippen LogP contribution in [0.3, 0.4) is 0 Å². The molecule has 0 aliphatic heterocycles. The van der Waals surface area contributed by atoms with Crippen molar-refractivity contribution in [1.29, 1.82) is 0 Å². The van der Waals surface area contributed by atoms with Crippen molar-refractivity contribution in [1.82, 2.24) is 9.97 Å². The van der Waals surface area contributed by atoms with Crippen LogP contribution in [-0.4, -0.2) is 30.7 Å². The maximum absolute atomic E-state index is 5.40. The van der Waals surface area contributed by atoms with Crippen molar-refractivity contribution in [3.05, 3.63) is 36.2 Å². The molecule has 0 saturated heterocycles. The molecule has 0 fully saturated rings. The van der Waals surface area contributed by atoms with E-state index < -0.39 is 0 Å². The molecule has 2 aromatic rings. The van der Waals surface area contributed by atoms with Gasteiger partial charge in [-0.05, 0) is 24.6 Å². The standard InChI is InChI=1S/C15H20N4O2/c1-4-16-14-13(21-3)15(18-10-17-14)19-12-7-5-6-11(8-12)9-20-2/h5-8,10H,4,9H2,1-3H3,(H2,16,17,18,19). The second-order valence-electron chi connectivity index (χ2n) is 4.39. The summed E-state index contributed by atoms with van der Waals surface area (Å²) in [5, 5.41) is 6.40. The highest BCUT2D eigenvalue weighted by molar-refractivity contribution is 5.69. The fourth-order valence-electron chi connectivity index (χ4n) is 1.99. The minimum atomic E-state index is 0.569. The van der Waals surface area contributed by atoms with Crippen molar-refractivity contribution in [3.8, 4) is 5.75 Å². The van der Waals surface area contributed by atoms with Crippen molar-refractivity contribution in [2.24, 2.45) is 0 Å². The molecule has 0 bridgehead atoms. The fourth-order valence-corrected chi connectivity index (χ4v) is 1.99. The number of hydrogen-bond donors (Lipinski definition) is 2. The van der Waals surface area contributed by atoms with Crippen LogP contribution in [0, 0.1) is 0 Å². The smallest absolute Gasteiger partial charge is 0.204 e. The van der Waals surface area contributed by atoms with Gasteiger partial charge in [-0.25, -0.2) is 9.97 Å². The summed E-state index contributed by atoms with van der Waals surface area (Å²) in [6.45, 7) is 3.33. The van der Waals surface area contributed by atoms with E-state index in [1.807, 2.05) is 31.2 Å². The summed E-state index contributed by atoms with van der Waals surface area (Å²) >= 11 is 0. The van der Waals surface area contributed by atoms with Crippen molar-refractivity contribution in [3.63, 3.8) is 0 Å². The van der Waals surface area contributed by atoms with E-state index in [0.29, 0.717) is 24.0 Å². The maximum Gasteiger partial charge on any atom is 0.204 e. The SMILES string of the molecule is CCNc1ncnc(Nc2cccc(COC)c2)c1OC. The molecule has 0 aliphatic carbocycles. The molecule has 1 aromatic heterocycles. The van der Waals surface area contributed by atoms with Crippen molar-refractivity contribution in [2.45, 2.75) is 13.5 Å². The van der Waals surface area contributed by atoms with E-state index in [1.165, 1.54) is 6.33 Å². The molecule has 6 heteroatoms. The van der Waals surface area contributed by atoms with Gasteiger partial charge < -0.3 is 20.1 Å². The Hall–Kier alpha value is -2.34. The Bertz CT molecular complexity index is 590. The Kier molecular flexibility index (Phi) is 5.34. The van der Waals surface area contributed by atoms with E-state index in [2.05, 4.69) is 20.6 Å². The van der Waals surface area contributed by atoms with Gasteiger partial charge in [-0.2, -0.15) is 0 Å². The molecule has 0 atom stereocenters. The lowest BCUT2D eigenvalue weighted by atomic mass is 10.2. The summed E-state index contributed by atoms with van der Waals surface area (Å²) in [4.78, 5) is 8.43. The first-order valence-electron chi connectivity index (χ1n) is 6.76. The normalized spacial score (nSPS) is 10.2. The fraction of sp³-hybridized carbons (Fsp3) is 0.333. The van der Waals surface area contributed by atoms with Crippen molar-refractivity contribution >= 4 is 17.3 Å². The molecule has 1 aromatic carbocycles. The zero-order valence-electron chi connectivity index (χ0n) is 12.5. The quantitative estimate of drug-likeness (QED) is 0.816. The number of hydrogen-bond acceptors (Lipinski definition) is 6. The molecular formula is C15H20N4O2. The van der Waals surface area contributed by atoms with Gasteiger partial charge in [0.05, 0.1) is 13.7 Å². The predicted octanol–water partition coefficient (Wildman–Crippen LogP) is 2.81. The third kappa shape index (κ3) is 3.82. The number of aromatic nitrogens is 2. The zero-order valence-corrected chi connectivity index (χ0v) is 12.5. The molecule has 6 nitrogen and oxygen atoms in total. The van der Waals surface area contributed by atoms with Gasteiger partial charge in [-0.3, -0.25) is 0 Å². The minimum Gasteiger partial charge on any atom is -0.490 e. The average molecular weight is 288 g/mol. The Morgan fingerprint density at radius 1 is 1.14 bits per heavy atom. The summed E-state index contributed by atoms with van der Waals surface area (Å²) < 4.78 is 10.5. The molecule has 2 N–H and O–H groups in total. The number of nitrogens with one attached hydrogen (secondary N) is 2. The van der Waals surface area contributed by atoms with Crippen LogP contribution in [0.5, 0.6) is 5.75 Å². The molecule has 0 amide bonds. The average Bonchev–Trinajstić information content (AvgIpc) is 2.49. The third-order valence-corrected chi connectivity index (χ3v) is 2.85. The second-order valence-corrected chi connectivity index (χ2v) is 4.39. The van der Waals surface area contributed by atoms with Gasteiger partial charge in [0, 0.05) is 19.3 Å². The first kappa shape index (κ1) is 15.1. The van der Waals surface area contributed by atoms with Crippen LogP contribution < -0.4 is 15.4 Å². The van der Waals surface area contributed by atoms with Crippen LogP contribution in [0.15, 0.2) is 30.6 Å². The maximum atomic E-state index is 5.40. The van der Waals surface area contributed by atoms with Gasteiger partial charge in [0.1, 0.15) is 6.33 Å². The lowest BCUT2D eigenvalue weighted by Crippen LogP contribution is -2.06. The Balaban J connectivity index is 2.26. The number of rotatable bonds is 7. The van der Waals surface area contributed by atoms with E-state index in [9.17, 15) is 0 Å². The lowest BCUT2D eigenvalue weighted by molar-refractivity contribution is 0.185. The van der Waals surface area contributed by atoms with Crippen molar-refractivity contribution in [2.75, 3.05) is 31.4 Å². The van der Waals surface area contributed by atoms with Gasteiger partial charge in [-0.15, -0.1) is 0 Å². The highest BCUT2D eigenvalue weighted by Gasteiger charge is 2.11. The van der Waals surface area contributed by atoms with Crippen LogP contribution in [0.1, 0.15) is 12.5 Å². The summed E-state index contributed by atoms with van der Waals surface area (Å²) in [5.41, 5.74) is 2.01. The van der Waals surface area contributed by atoms with Crippen LogP contribution >= 0.6 is 0 Å². The van der Waals surface area contributed by atoms with Gasteiger partial charge in [0.25, 0.3) is 0 Å². The third-order valence-electron chi connectivity index (χ3n) is 2.85. The summed E-state index contributed by atoms with van der Waals surface area (Å²) in [7, 11) is 3.28. The lowest BCUT2D eigenvalue weighted by Gasteiger charge is -2.14. The first-order valence-corrected chi connectivity index (χ1v) is 6.76. The molecule has 0 aliphatic rings. The predicted molar refractivity (Wildman–Crippen MR) is 83.2 cm³/mol. The monoisotopic (exact) mass is 288 g/mol. The zero-order chi connectivity index (χ0) is 15.1. The summed E-state index contributed by atoms with van der Waals surface area (Å²) in [5.74, 6) is 1.89. The molecule has 0 radical (unpaired) electrons. The largest absolute Gasteiger partial charge is 0.490 e. The Morgan fingerprint density at radius 3 is 2.67 bits per heavy atom. The van der Waals surface area contributed by atoms with E-state index in [1.54, 1.807) is 14.2 Å². The molecule has 0 unspecified atom stereocenters. The Morgan fingerprint density at radius 2 is 1.95 bits per heavy atom. The number of nitrogens with zero attached hydrogens (tertiary/aromatic N) is 2. The van der Waals surface area contributed by atoms with E-state index in [0.717, 1.165) is 17.8 Å². The first-order chi connectivity index (χ1) is 10.3. The molecule has 0 spiro atoms. The van der Waals surface area contributed by atoms with Crippen molar-refractivity contribution < 1.29 is 9.47 Å². The number of benzene rings is 1. The molecule has 1 heterocycles. The highest BCUT2D eigenvalue weighted by Crippen LogP contribution is 2.31. The number of anilines is 3. The summed E-state index contributed by atoms with van der Waals surface area (Å²) in [6.07, 6.45) is 1.50. The molecular weight excluding hydrogens is 268 g/mol. The van der Waals surface area contributed by atoms with Gasteiger partial charge >= 0.3 is 0 Å². The Labute approximate surface area is 124 Å². The van der Waals surface area contributed by atoms with Gasteiger partial charge in [-0.1, -0.05) is 12.1 Å². The van der Waals surface area contributed by atoms with Crippen LogP contribution in [0.2, 0.25) is 0 Å². The summed E-state index contributed by atoms with van der Waals surface area (Å²) in [6, 6.07) is 7.96. The number of methoxy groups -OCH3 is 2. The van der Waals surface area contributed by atoms with Crippen LogP contribution in [0.25, 0.3) is 0 Å². The number of ether oxygens (including phenoxy) is 2. The van der Waals surface area contributed by atoms with E-state index >= 15 is 0 Å². The molecule has 0 saturated carbocycles. The van der Waals surface area contributed by atoms with E-state index in [4.69, 9.17) is 9.47 Å². The molecule has 21 heavy (non-hydrogen) atoms. The van der Waals surface area contributed by atoms with Crippen LogP contribution in [-0.2, 0) is 11.3 Å². The van der Waals surface area contributed by atoms with E-state index in [-0.39, 0.29) is 0 Å².